The summed E-state index contributed by atoms with van der Waals surface area (Å²) in [6, 6.07) is 9.08. The third kappa shape index (κ3) is 2.40. The SMILES string of the molecule is Brc1ccccc1CC1CN(c2ncnc3c2ncn3C2CC2)C1. The van der Waals surface area contributed by atoms with Crippen molar-refractivity contribution in [1.82, 2.24) is 19.5 Å². The van der Waals surface area contributed by atoms with Gasteiger partial charge in [0, 0.05) is 23.6 Å². The van der Waals surface area contributed by atoms with E-state index in [1.165, 1.54) is 22.9 Å². The van der Waals surface area contributed by atoms with Crippen LogP contribution >= 0.6 is 15.9 Å². The molecule has 0 unspecified atom stereocenters. The molecule has 1 saturated carbocycles. The number of aromatic nitrogens is 4. The van der Waals surface area contributed by atoms with Gasteiger partial charge in [0.15, 0.2) is 17.0 Å². The van der Waals surface area contributed by atoms with Gasteiger partial charge in [0.25, 0.3) is 0 Å². The second kappa shape index (κ2) is 5.55. The maximum Gasteiger partial charge on any atom is 0.165 e. The Morgan fingerprint density at radius 3 is 2.71 bits per heavy atom. The predicted octanol–water partition coefficient (Wildman–Crippen LogP) is 3.60. The number of anilines is 1. The molecule has 3 heterocycles. The highest BCUT2D eigenvalue weighted by Gasteiger charge is 2.32. The summed E-state index contributed by atoms with van der Waals surface area (Å²) in [5, 5.41) is 0. The van der Waals surface area contributed by atoms with Crippen molar-refractivity contribution >= 4 is 32.9 Å². The van der Waals surface area contributed by atoms with Gasteiger partial charge in [-0.15, -0.1) is 0 Å². The molecule has 1 aliphatic heterocycles. The fourth-order valence-corrected chi connectivity index (χ4v) is 3.98. The van der Waals surface area contributed by atoms with E-state index >= 15 is 0 Å². The Labute approximate surface area is 148 Å². The maximum atomic E-state index is 4.59. The number of fused-ring (bicyclic) bond motifs is 1. The third-order valence-corrected chi connectivity index (χ3v) is 5.78. The van der Waals surface area contributed by atoms with Crippen LogP contribution in [0.5, 0.6) is 0 Å². The van der Waals surface area contributed by atoms with Crippen LogP contribution in [0.25, 0.3) is 11.2 Å². The van der Waals surface area contributed by atoms with Gasteiger partial charge in [-0.1, -0.05) is 34.1 Å². The van der Waals surface area contributed by atoms with E-state index in [1.807, 2.05) is 6.33 Å². The van der Waals surface area contributed by atoms with Gasteiger partial charge in [0.1, 0.15) is 6.33 Å². The molecule has 0 spiro atoms. The van der Waals surface area contributed by atoms with Crippen LogP contribution in [-0.4, -0.2) is 32.6 Å². The van der Waals surface area contributed by atoms with Crippen molar-refractivity contribution in [2.75, 3.05) is 18.0 Å². The monoisotopic (exact) mass is 383 g/mol. The highest BCUT2D eigenvalue weighted by molar-refractivity contribution is 9.10. The molecule has 3 aromatic rings. The summed E-state index contributed by atoms with van der Waals surface area (Å²) in [7, 11) is 0. The second-order valence-electron chi connectivity index (χ2n) is 6.82. The van der Waals surface area contributed by atoms with Crippen LogP contribution in [0.2, 0.25) is 0 Å². The molecule has 1 aromatic carbocycles. The Kier molecular flexibility index (Phi) is 3.33. The van der Waals surface area contributed by atoms with E-state index in [1.54, 1.807) is 6.33 Å². The molecule has 1 saturated heterocycles. The minimum atomic E-state index is 0.595. The lowest BCUT2D eigenvalue weighted by molar-refractivity contribution is 0.405. The maximum absolute atomic E-state index is 4.59. The van der Waals surface area contributed by atoms with Gasteiger partial charge in [-0.3, -0.25) is 0 Å². The molecular weight excluding hydrogens is 366 g/mol. The molecule has 122 valence electrons. The van der Waals surface area contributed by atoms with E-state index in [2.05, 4.69) is 64.6 Å². The summed E-state index contributed by atoms with van der Waals surface area (Å²) in [6.07, 6.45) is 7.19. The zero-order valence-electron chi connectivity index (χ0n) is 13.3. The molecule has 0 N–H and O–H groups in total. The van der Waals surface area contributed by atoms with Gasteiger partial charge in [0.2, 0.25) is 0 Å². The number of halogens is 1. The average molecular weight is 384 g/mol. The van der Waals surface area contributed by atoms with Crippen molar-refractivity contribution in [3.8, 4) is 0 Å². The van der Waals surface area contributed by atoms with Crippen LogP contribution < -0.4 is 4.90 Å². The van der Waals surface area contributed by atoms with Crippen molar-refractivity contribution in [3.05, 3.63) is 47.0 Å². The lowest BCUT2D eigenvalue weighted by atomic mass is 9.92. The van der Waals surface area contributed by atoms with E-state index in [9.17, 15) is 0 Å². The second-order valence-corrected chi connectivity index (χ2v) is 7.67. The Hall–Kier alpha value is -1.95. The lowest BCUT2D eigenvalue weighted by Crippen LogP contribution is -2.48. The minimum absolute atomic E-state index is 0.595. The van der Waals surface area contributed by atoms with Crippen LogP contribution in [-0.2, 0) is 6.42 Å². The van der Waals surface area contributed by atoms with E-state index in [0.29, 0.717) is 12.0 Å². The van der Waals surface area contributed by atoms with Gasteiger partial charge in [-0.05, 0) is 36.8 Å². The number of imidazole rings is 1. The first-order valence-corrected chi connectivity index (χ1v) is 9.25. The largest absolute Gasteiger partial charge is 0.354 e. The van der Waals surface area contributed by atoms with E-state index in [4.69, 9.17) is 0 Å². The van der Waals surface area contributed by atoms with Crippen LogP contribution in [0, 0.1) is 5.92 Å². The zero-order chi connectivity index (χ0) is 16.1. The number of hydrogen-bond acceptors (Lipinski definition) is 4. The summed E-state index contributed by atoms with van der Waals surface area (Å²) in [6.45, 7) is 2.06. The number of nitrogens with zero attached hydrogens (tertiary/aromatic N) is 5. The molecule has 0 bridgehead atoms. The van der Waals surface area contributed by atoms with Gasteiger partial charge >= 0.3 is 0 Å². The van der Waals surface area contributed by atoms with Crippen molar-refractivity contribution in [3.63, 3.8) is 0 Å². The third-order valence-electron chi connectivity index (χ3n) is 5.00. The molecule has 2 aromatic heterocycles. The highest BCUT2D eigenvalue weighted by atomic mass is 79.9. The summed E-state index contributed by atoms with van der Waals surface area (Å²) in [5.41, 5.74) is 3.31. The molecule has 2 aliphatic rings. The summed E-state index contributed by atoms with van der Waals surface area (Å²) < 4.78 is 3.41. The lowest BCUT2D eigenvalue weighted by Gasteiger charge is -2.40. The Morgan fingerprint density at radius 2 is 1.92 bits per heavy atom. The number of rotatable bonds is 4. The van der Waals surface area contributed by atoms with E-state index < -0.39 is 0 Å². The summed E-state index contributed by atoms with van der Waals surface area (Å²) in [5.74, 6) is 1.65. The molecule has 0 atom stereocenters. The summed E-state index contributed by atoms with van der Waals surface area (Å²) >= 11 is 3.65. The van der Waals surface area contributed by atoms with E-state index in [0.717, 1.165) is 36.5 Å². The fraction of sp³-hybridized carbons (Fsp3) is 0.389. The normalized spacial score (nSPS) is 18.1. The predicted molar refractivity (Wildman–Crippen MR) is 97.1 cm³/mol. The first-order chi connectivity index (χ1) is 11.8. The topological polar surface area (TPSA) is 46.8 Å². The zero-order valence-corrected chi connectivity index (χ0v) is 14.9. The molecule has 2 fully saturated rings. The molecule has 5 rings (SSSR count). The molecule has 0 amide bonds. The first kappa shape index (κ1) is 14.4. The molecular formula is C18H18BrN5. The van der Waals surface area contributed by atoms with Crippen molar-refractivity contribution in [2.24, 2.45) is 5.92 Å². The van der Waals surface area contributed by atoms with Gasteiger partial charge < -0.3 is 9.47 Å². The van der Waals surface area contributed by atoms with Gasteiger partial charge in [-0.25, -0.2) is 15.0 Å². The van der Waals surface area contributed by atoms with Crippen LogP contribution in [0.4, 0.5) is 5.82 Å². The van der Waals surface area contributed by atoms with Gasteiger partial charge in [-0.2, -0.15) is 0 Å². The molecule has 5 nitrogen and oxygen atoms in total. The Bertz CT molecular complexity index is 895. The van der Waals surface area contributed by atoms with E-state index in [-0.39, 0.29) is 0 Å². The number of hydrogen-bond donors (Lipinski definition) is 0. The Balaban J connectivity index is 1.34. The highest BCUT2D eigenvalue weighted by Crippen LogP contribution is 2.38. The van der Waals surface area contributed by atoms with Crippen molar-refractivity contribution in [2.45, 2.75) is 25.3 Å². The quantitative estimate of drug-likeness (QED) is 0.690. The fourth-order valence-electron chi connectivity index (χ4n) is 3.54. The standard InChI is InChI=1S/C18H18BrN5/c19-15-4-2-1-3-13(15)7-12-8-23(9-12)17-16-18(21-10-20-17)24(11-22-16)14-5-6-14/h1-4,10-12,14H,5-9H2. The van der Waals surface area contributed by atoms with Crippen molar-refractivity contribution in [1.29, 1.82) is 0 Å². The summed E-state index contributed by atoms with van der Waals surface area (Å²) in [4.78, 5) is 15.9. The van der Waals surface area contributed by atoms with Crippen molar-refractivity contribution < 1.29 is 0 Å². The number of benzene rings is 1. The molecule has 1 aliphatic carbocycles. The van der Waals surface area contributed by atoms with Crippen LogP contribution in [0.1, 0.15) is 24.4 Å². The molecule has 24 heavy (non-hydrogen) atoms. The van der Waals surface area contributed by atoms with Crippen LogP contribution in [0.15, 0.2) is 41.4 Å². The first-order valence-electron chi connectivity index (χ1n) is 8.45. The minimum Gasteiger partial charge on any atom is -0.354 e. The van der Waals surface area contributed by atoms with Crippen LogP contribution in [0.3, 0.4) is 0 Å². The van der Waals surface area contributed by atoms with Gasteiger partial charge in [0.05, 0.1) is 6.33 Å². The smallest absolute Gasteiger partial charge is 0.165 e. The molecule has 6 heteroatoms. The molecule has 0 radical (unpaired) electrons. The Morgan fingerprint density at radius 1 is 1.08 bits per heavy atom. The average Bonchev–Trinajstić information content (AvgIpc) is 3.31.